The molecule has 0 aromatic carbocycles. The Hall–Kier alpha value is -1.32. The summed E-state index contributed by atoms with van der Waals surface area (Å²) in [6.45, 7) is 1.80. The molecular weight excluding hydrogens is 146 g/mol. The molecule has 1 aromatic heterocycles. The van der Waals surface area contributed by atoms with E-state index in [0.29, 0.717) is 5.69 Å². The van der Waals surface area contributed by atoms with E-state index in [-0.39, 0.29) is 12.3 Å². The number of carbonyl (C=O) groups is 1. The first kappa shape index (κ1) is 7.78. The number of hydrogen-bond donors (Lipinski definition) is 1. The molecule has 4 heteroatoms. The van der Waals surface area contributed by atoms with Crippen LogP contribution in [0.15, 0.2) is 16.9 Å². The highest BCUT2D eigenvalue weighted by molar-refractivity contribution is 5.67. The summed E-state index contributed by atoms with van der Waals surface area (Å²) in [4.78, 5) is 10.2. The predicted octanol–water partition coefficient (Wildman–Crippen LogP) is 1.25. The largest absolute Gasteiger partial charge is 0.481 e. The Kier molecular flexibility index (Phi) is 2.25. The van der Waals surface area contributed by atoms with E-state index in [4.69, 9.17) is 5.11 Å². The second-order valence-electron chi connectivity index (χ2n) is 2.42. The smallest absolute Gasteiger partial charge is 0.304 e. The first-order chi connectivity index (χ1) is 5.20. The van der Waals surface area contributed by atoms with Gasteiger partial charge in [-0.25, -0.2) is 0 Å². The highest BCUT2D eigenvalue weighted by atomic mass is 16.5. The van der Waals surface area contributed by atoms with Gasteiger partial charge in [-0.15, -0.1) is 0 Å². The lowest BCUT2D eigenvalue weighted by Gasteiger charge is -2.01. The van der Waals surface area contributed by atoms with Gasteiger partial charge in [0.25, 0.3) is 0 Å². The lowest BCUT2D eigenvalue weighted by atomic mass is 10.1. The predicted molar refractivity (Wildman–Crippen MR) is 37.2 cm³/mol. The van der Waals surface area contributed by atoms with Crippen molar-refractivity contribution in [2.75, 3.05) is 0 Å². The Bertz CT molecular complexity index is 230. The first-order valence-electron chi connectivity index (χ1n) is 3.32. The number of aliphatic carboxylic acids is 1. The quantitative estimate of drug-likeness (QED) is 0.713. The van der Waals surface area contributed by atoms with Gasteiger partial charge in [-0.1, -0.05) is 12.1 Å². The summed E-state index contributed by atoms with van der Waals surface area (Å²) in [6, 6.07) is 1.67. The zero-order chi connectivity index (χ0) is 8.27. The molecule has 1 unspecified atom stereocenters. The maximum Gasteiger partial charge on any atom is 0.304 e. The van der Waals surface area contributed by atoms with E-state index in [1.807, 2.05) is 0 Å². The van der Waals surface area contributed by atoms with Crippen LogP contribution in [0.5, 0.6) is 0 Å². The normalized spacial score (nSPS) is 12.8. The van der Waals surface area contributed by atoms with Gasteiger partial charge in [0.05, 0.1) is 12.1 Å². The number of carboxylic acid groups (broad SMARTS) is 1. The average Bonchev–Trinajstić information content (AvgIpc) is 2.35. The minimum Gasteiger partial charge on any atom is -0.481 e. The van der Waals surface area contributed by atoms with Crippen LogP contribution in [0.4, 0.5) is 0 Å². The summed E-state index contributed by atoms with van der Waals surface area (Å²) < 4.78 is 4.57. The van der Waals surface area contributed by atoms with Gasteiger partial charge in [0.1, 0.15) is 6.26 Å². The Morgan fingerprint density at radius 1 is 1.91 bits per heavy atom. The van der Waals surface area contributed by atoms with Gasteiger partial charge in [-0.2, -0.15) is 0 Å². The highest BCUT2D eigenvalue weighted by Gasteiger charge is 2.11. The minimum atomic E-state index is -0.819. The second-order valence-corrected chi connectivity index (χ2v) is 2.42. The molecule has 0 aliphatic rings. The van der Waals surface area contributed by atoms with E-state index in [1.165, 1.54) is 6.26 Å². The van der Waals surface area contributed by atoms with Crippen LogP contribution >= 0.6 is 0 Å². The highest BCUT2D eigenvalue weighted by Crippen LogP contribution is 2.15. The van der Waals surface area contributed by atoms with Crippen LogP contribution in [0, 0.1) is 0 Å². The van der Waals surface area contributed by atoms with Crippen LogP contribution in [0.2, 0.25) is 0 Å². The molecule has 0 fully saturated rings. The van der Waals surface area contributed by atoms with Crippen molar-refractivity contribution in [1.29, 1.82) is 0 Å². The van der Waals surface area contributed by atoms with Crippen molar-refractivity contribution in [3.63, 3.8) is 0 Å². The van der Waals surface area contributed by atoms with Crippen molar-refractivity contribution in [3.05, 3.63) is 18.0 Å². The molecule has 0 aliphatic carbocycles. The van der Waals surface area contributed by atoms with E-state index in [0.717, 1.165) is 0 Å². The number of carboxylic acids is 1. The van der Waals surface area contributed by atoms with Gasteiger partial charge in [-0.05, 0) is 0 Å². The van der Waals surface area contributed by atoms with Crippen LogP contribution in [-0.4, -0.2) is 16.2 Å². The Labute approximate surface area is 63.8 Å². The summed E-state index contributed by atoms with van der Waals surface area (Å²) in [7, 11) is 0. The number of aromatic nitrogens is 1. The van der Waals surface area contributed by atoms with Crippen LogP contribution in [-0.2, 0) is 4.79 Å². The molecule has 0 amide bonds. The van der Waals surface area contributed by atoms with Crippen LogP contribution < -0.4 is 0 Å². The van der Waals surface area contributed by atoms with Crippen molar-refractivity contribution < 1.29 is 14.4 Å². The number of hydrogen-bond acceptors (Lipinski definition) is 3. The van der Waals surface area contributed by atoms with Crippen molar-refractivity contribution in [3.8, 4) is 0 Å². The molecule has 0 saturated heterocycles. The van der Waals surface area contributed by atoms with E-state index in [1.54, 1.807) is 13.0 Å². The van der Waals surface area contributed by atoms with Crippen LogP contribution in [0.3, 0.4) is 0 Å². The van der Waals surface area contributed by atoms with Gasteiger partial charge >= 0.3 is 5.97 Å². The third kappa shape index (κ3) is 2.07. The third-order valence-electron chi connectivity index (χ3n) is 1.44. The molecule has 1 aromatic rings. The Morgan fingerprint density at radius 2 is 2.64 bits per heavy atom. The van der Waals surface area contributed by atoms with E-state index < -0.39 is 5.97 Å². The molecule has 0 spiro atoms. The second kappa shape index (κ2) is 3.18. The first-order valence-corrected chi connectivity index (χ1v) is 3.32. The topological polar surface area (TPSA) is 63.3 Å². The molecule has 1 rings (SSSR count). The van der Waals surface area contributed by atoms with E-state index in [9.17, 15) is 4.79 Å². The molecular formula is C7H9NO3. The molecule has 11 heavy (non-hydrogen) atoms. The summed E-state index contributed by atoms with van der Waals surface area (Å²) in [5.41, 5.74) is 0.687. The van der Waals surface area contributed by atoms with E-state index in [2.05, 4.69) is 9.68 Å². The Morgan fingerprint density at radius 3 is 3.09 bits per heavy atom. The monoisotopic (exact) mass is 155 g/mol. The number of rotatable bonds is 3. The fourth-order valence-corrected chi connectivity index (χ4v) is 0.843. The minimum absolute atomic E-state index is 0.0775. The van der Waals surface area contributed by atoms with Crippen LogP contribution in [0.1, 0.15) is 25.0 Å². The molecule has 1 heterocycles. The third-order valence-corrected chi connectivity index (χ3v) is 1.44. The van der Waals surface area contributed by atoms with Crippen LogP contribution in [0.25, 0.3) is 0 Å². The SMILES string of the molecule is CC(CC(=O)O)c1ccon1. The standard InChI is InChI=1S/C7H9NO3/c1-5(4-7(9)10)6-2-3-11-8-6/h2-3,5H,4H2,1H3,(H,9,10). The van der Waals surface area contributed by atoms with Gasteiger partial charge < -0.3 is 9.63 Å². The lowest BCUT2D eigenvalue weighted by molar-refractivity contribution is -0.137. The zero-order valence-electron chi connectivity index (χ0n) is 6.15. The maximum absolute atomic E-state index is 10.2. The van der Waals surface area contributed by atoms with E-state index >= 15 is 0 Å². The molecule has 60 valence electrons. The average molecular weight is 155 g/mol. The van der Waals surface area contributed by atoms with Gasteiger partial charge in [0.2, 0.25) is 0 Å². The maximum atomic E-state index is 10.2. The van der Waals surface area contributed by atoms with Gasteiger partial charge in [-0.3, -0.25) is 4.79 Å². The van der Waals surface area contributed by atoms with Gasteiger partial charge in [0.15, 0.2) is 0 Å². The van der Waals surface area contributed by atoms with Gasteiger partial charge in [0, 0.05) is 12.0 Å². The molecule has 0 aliphatic heterocycles. The van der Waals surface area contributed by atoms with Crippen molar-refractivity contribution in [2.45, 2.75) is 19.3 Å². The number of nitrogens with zero attached hydrogens (tertiary/aromatic N) is 1. The summed E-state index contributed by atoms with van der Waals surface area (Å²) in [5.74, 6) is -0.897. The van der Waals surface area contributed by atoms with Crippen molar-refractivity contribution >= 4 is 5.97 Å². The Balaban J connectivity index is 2.56. The summed E-state index contributed by atoms with van der Waals surface area (Å²) in [6.07, 6.45) is 1.53. The molecule has 0 radical (unpaired) electrons. The summed E-state index contributed by atoms with van der Waals surface area (Å²) >= 11 is 0. The molecule has 0 saturated carbocycles. The lowest BCUT2D eigenvalue weighted by Crippen LogP contribution is -2.02. The molecule has 1 N–H and O–H groups in total. The van der Waals surface area contributed by atoms with Crippen molar-refractivity contribution in [1.82, 2.24) is 5.16 Å². The molecule has 1 atom stereocenters. The fourth-order valence-electron chi connectivity index (χ4n) is 0.843. The zero-order valence-corrected chi connectivity index (χ0v) is 6.15. The van der Waals surface area contributed by atoms with Crippen molar-refractivity contribution in [2.24, 2.45) is 0 Å². The molecule has 4 nitrogen and oxygen atoms in total. The molecule has 0 bridgehead atoms. The fraction of sp³-hybridized carbons (Fsp3) is 0.429. The summed E-state index contributed by atoms with van der Waals surface area (Å²) in [5, 5.41) is 12.1.